The van der Waals surface area contributed by atoms with E-state index in [1.165, 1.54) is 44.6 Å². The maximum atomic E-state index is 4.87. The van der Waals surface area contributed by atoms with Crippen LogP contribution in [-0.4, -0.2) is 28.0 Å². The van der Waals surface area contributed by atoms with Crippen LogP contribution in [0, 0.1) is 13.8 Å². The van der Waals surface area contributed by atoms with Crippen LogP contribution in [0.2, 0.25) is 0 Å². The number of aryl methyl sites for hydroxylation is 4. The Kier molecular flexibility index (Phi) is 5.22. The fourth-order valence-corrected chi connectivity index (χ4v) is 4.99. The number of likely N-dealkylation sites (tertiary alicyclic amines) is 1. The zero-order chi connectivity index (χ0) is 20.5. The minimum Gasteiger partial charge on any atom is -0.298 e. The number of benzene rings is 1. The van der Waals surface area contributed by atoms with Crippen LogP contribution >= 0.6 is 0 Å². The van der Waals surface area contributed by atoms with Gasteiger partial charge in [0.05, 0.1) is 5.69 Å². The van der Waals surface area contributed by atoms with Crippen molar-refractivity contribution in [1.29, 1.82) is 0 Å². The summed E-state index contributed by atoms with van der Waals surface area (Å²) >= 11 is 0. The van der Waals surface area contributed by atoms with Crippen molar-refractivity contribution < 1.29 is 0 Å². The number of aromatic nitrogens is 2. The van der Waals surface area contributed by atoms with E-state index in [1.807, 2.05) is 18.6 Å². The third-order valence-corrected chi connectivity index (χ3v) is 6.47. The molecular formula is C27H29N3. The lowest BCUT2D eigenvalue weighted by atomic mass is 9.88. The van der Waals surface area contributed by atoms with Crippen LogP contribution in [0.15, 0.2) is 60.6 Å². The Morgan fingerprint density at radius 2 is 1.70 bits per heavy atom. The van der Waals surface area contributed by atoms with Gasteiger partial charge in [0.25, 0.3) is 0 Å². The molecule has 1 aromatic carbocycles. The van der Waals surface area contributed by atoms with Gasteiger partial charge in [0.2, 0.25) is 0 Å². The SMILES string of the molecule is Cc1cncc(CN2CCC(=C3c4ccc(C)cc4CCc4cccnc43)CC2)c1. The zero-order valence-corrected chi connectivity index (χ0v) is 18.0. The highest BCUT2D eigenvalue weighted by Gasteiger charge is 2.25. The van der Waals surface area contributed by atoms with E-state index in [9.17, 15) is 0 Å². The van der Waals surface area contributed by atoms with Gasteiger partial charge < -0.3 is 0 Å². The molecule has 3 heterocycles. The first kappa shape index (κ1) is 19.2. The topological polar surface area (TPSA) is 29.0 Å². The van der Waals surface area contributed by atoms with Crippen LogP contribution in [0.25, 0.3) is 5.57 Å². The largest absolute Gasteiger partial charge is 0.298 e. The van der Waals surface area contributed by atoms with Gasteiger partial charge in [-0.25, -0.2) is 0 Å². The maximum Gasteiger partial charge on any atom is 0.0739 e. The summed E-state index contributed by atoms with van der Waals surface area (Å²) in [5, 5.41) is 0. The fraction of sp³-hybridized carbons (Fsp3) is 0.333. The Morgan fingerprint density at radius 1 is 0.867 bits per heavy atom. The first-order chi connectivity index (χ1) is 14.7. The van der Waals surface area contributed by atoms with Crippen LogP contribution in [0.4, 0.5) is 0 Å². The summed E-state index contributed by atoms with van der Waals surface area (Å²) in [5.74, 6) is 0. The highest BCUT2D eigenvalue weighted by molar-refractivity contribution is 5.84. The normalized spacial score (nSPS) is 16.7. The van der Waals surface area contributed by atoms with E-state index < -0.39 is 0 Å². The van der Waals surface area contributed by atoms with Crippen LogP contribution in [0.3, 0.4) is 0 Å². The predicted octanol–water partition coefficient (Wildman–Crippen LogP) is 5.29. The molecule has 0 spiro atoms. The van der Waals surface area contributed by atoms with E-state index >= 15 is 0 Å². The molecule has 0 atom stereocenters. The first-order valence-electron chi connectivity index (χ1n) is 11.1. The maximum absolute atomic E-state index is 4.87. The molecule has 0 bridgehead atoms. The van der Waals surface area contributed by atoms with Crippen molar-refractivity contribution in [3.63, 3.8) is 0 Å². The van der Waals surface area contributed by atoms with Crippen LogP contribution in [0.5, 0.6) is 0 Å². The summed E-state index contributed by atoms with van der Waals surface area (Å²) in [6, 6.07) is 13.6. The van der Waals surface area contributed by atoms with Crippen molar-refractivity contribution in [1.82, 2.24) is 14.9 Å². The predicted molar refractivity (Wildman–Crippen MR) is 122 cm³/mol. The molecule has 0 radical (unpaired) electrons. The molecule has 0 unspecified atom stereocenters. The summed E-state index contributed by atoms with van der Waals surface area (Å²) in [5.41, 5.74) is 12.4. The summed E-state index contributed by atoms with van der Waals surface area (Å²) < 4.78 is 0. The molecule has 3 aromatic rings. The Balaban J connectivity index is 1.47. The van der Waals surface area contributed by atoms with Gasteiger partial charge >= 0.3 is 0 Å². The number of piperidine rings is 1. The van der Waals surface area contributed by atoms with Gasteiger partial charge in [0.1, 0.15) is 0 Å². The lowest BCUT2D eigenvalue weighted by molar-refractivity contribution is 0.248. The minimum atomic E-state index is 0.988. The molecule has 1 aliphatic heterocycles. The second-order valence-electron chi connectivity index (χ2n) is 8.80. The average Bonchev–Trinajstić information content (AvgIpc) is 2.91. The van der Waals surface area contributed by atoms with Crippen LogP contribution < -0.4 is 0 Å². The van der Waals surface area contributed by atoms with Gasteiger partial charge in [-0.1, -0.05) is 41.5 Å². The first-order valence-corrected chi connectivity index (χ1v) is 11.1. The summed E-state index contributed by atoms with van der Waals surface area (Å²) in [7, 11) is 0. The molecule has 3 nitrogen and oxygen atoms in total. The molecule has 0 N–H and O–H groups in total. The molecule has 3 heteroatoms. The van der Waals surface area contributed by atoms with E-state index in [1.54, 1.807) is 5.57 Å². The number of pyridine rings is 2. The standard InChI is InChI=1S/C27H29N3/c1-19-5-8-25-24(15-19)7-6-23-4-3-11-29-27(23)26(25)22-9-12-30(13-10-22)18-21-14-20(2)16-28-17-21/h3-5,8,11,14-17H,6-7,9-10,12-13,18H2,1-2H3. The van der Waals surface area contributed by atoms with Gasteiger partial charge in [0, 0.05) is 43.8 Å². The molecule has 2 aromatic heterocycles. The van der Waals surface area contributed by atoms with E-state index in [-0.39, 0.29) is 0 Å². The lowest BCUT2D eigenvalue weighted by Gasteiger charge is -2.30. The third-order valence-electron chi connectivity index (χ3n) is 6.47. The molecule has 0 saturated carbocycles. The molecule has 1 aliphatic carbocycles. The molecule has 1 fully saturated rings. The zero-order valence-electron chi connectivity index (χ0n) is 18.0. The Bertz CT molecular complexity index is 1100. The van der Waals surface area contributed by atoms with Crippen molar-refractivity contribution in [2.75, 3.05) is 13.1 Å². The van der Waals surface area contributed by atoms with E-state index in [0.29, 0.717) is 0 Å². The Hall–Kier alpha value is -2.78. The fourth-order valence-electron chi connectivity index (χ4n) is 4.99. The molecule has 2 aliphatic rings. The highest BCUT2D eigenvalue weighted by Crippen LogP contribution is 2.38. The molecular weight excluding hydrogens is 366 g/mol. The number of rotatable bonds is 2. The van der Waals surface area contributed by atoms with Crippen molar-refractivity contribution in [3.05, 3.63) is 99.6 Å². The Morgan fingerprint density at radius 3 is 2.53 bits per heavy atom. The van der Waals surface area contributed by atoms with Crippen molar-refractivity contribution >= 4 is 5.57 Å². The van der Waals surface area contributed by atoms with Crippen LogP contribution in [-0.2, 0) is 19.4 Å². The van der Waals surface area contributed by atoms with E-state index in [0.717, 1.165) is 45.3 Å². The second kappa shape index (κ2) is 8.16. The van der Waals surface area contributed by atoms with E-state index in [2.05, 4.69) is 60.1 Å². The van der Waals surface area contributed by atoms with Gasteiger partial charge in [-0.2, -0.15) is 0 Å². The number of hydrogen-bond donors (Lipinski definition) is 0. The van der Waals surface area contributed by atoms with Gasteiger partial charge in [-0.3, -0.25) is 14.9 Å². The van der Waals surface area contributed by atoms with Crippen molar-refractivity contribution in [3.8, 4) is 0 Å². The van der Waals surface area contributed by atoms with Gasteiger partial charge in [0.15, 0.2) is 0 Å². The van der Waals surface area contributed by atoms with Gasteiger partial charge in [-0.15, -0.1) is 0 Å². The Labute approximate surface area is 179 Å². The van der Waals surface area contributed by atoms with Gasteiger partial charge in [-0.05, 0) is 73.4 Å². The molecule has 5 rings (SSSR count). The summed E-state index contributed by atoms with van der Waals surface area (Å²) in [6.07, 6.45) is 10.3. The van der Waals surface area contributed by atoms with Crippen LogP contribution in [0.1, 0.15) is 51.9 Å². The lowest BCUT2D eigenvalue weighted by Crippen LogP contribution is -2.30. The number of fused-ring (bicyclic) bond motifs is 2. The van der Waals surface area contributed by atoms with Crippen molar-refractivity contribution in [2.45, 2.75) is 46.1 Å². The quantitative estimate of drug-likeness (QED) is 0.590. The number of hydrogen-bond acceptors (Lipinski definition) is 3. The molecule has 1 saturated heterocycles. The summed E-state index contributed by atoms with van der Waals surface area (Å²) in [4.78, 5) is 11.8. The molecule has 0 amide bonds. The number of nitrogens with zero attached hydrogens (tertiary/aromatic N) is 3. The van der Waals surface area contributed by atoms with Crippen molar-refractivity contribution in [2.24, 2.45) is 0 Å². The average molecular weight is 396 g/mol. The monoisotopic (exact) mass is 395 g/mol. The molecule has 152 valence electrons. The second-order valence-corrected chi connectivity index (χ2v) is 8.80. The third kappa shape index (κ3) is 3.82. The molecule has 30 heavy (non-hydrogen) atoms. The smallest absolute Gasteiger partial charge is 0.0739 e. The highest BCUT2D eigenvalue weighted by atomic mass is 15.1. The summed E-state index contributed by atoms with van der Waals surface area (Å²) in [6.45, 7) is 7.49. The minimum absolute atomic E-state index is 0.988. The van der Waals surface area contributed by atoms with E-state index in [4.69, 9.17) is 4.98 Å².